The molecule has 2 N–H and O–H groups in total. The van der Waals surface area contributed by atoms with Gasteiger partial charge in [0.05, 0.1) is 6.54 Å². The first-order valence-corrected chi connectivity index (χ1v) is 7.36. The third-order valence-corrected chi connectivity index (χ3v) is 4.36. The Hall–Kier alpha value is -1.65. The molecule has 0 spiro atoms. The second-order valence-electron chi connectivity index (χ2n) is 5.39. The normalized spacial score (nSPS) is 17.6. The number of nitrogens with zero attached hydrogens (tertiary/aromatic N) is 1. The summed E-state index contributed by atoms with van der Waals surface area (Å²) in [6.07, 6.45) is 2.69. The van der Waals surface area contributed by atoms with E-state index in [-0.39, 0.29) is 24.0 Å². The number of aromatic nitrogens is 1. The van der Waals surface area contributed by atoms with Crippen LogP contribution in [0.2, 0.25) is 5.02 Å². The summed E-state index contributed by atoms with van der Waals surface area (Å²) in [5.41, 5.74) is 8.56. The Morgan fingerprint density at radius 3 is 2.95 bits per heavy atom. The van der Waals surface area contributed by atoms with Gasteiger partial charge in [0.2, 0.25) is 0 Å². The van der Waals surface area contributed by atoms with E-state index in [4.69, 9.17) is 17.3 Å². The summed E-state index contributed by atoms with van der Waals surface area (Å²) < 4.78 is 15.0. The average molecular weight is 307 g/mol. The average Bonchev–Trinajstić information content (AvgIpc) is 2.46. The molecule has 0 amide bonds. The van der Waals surface area contributed by atoms with Crippen molar-refractivity contribution in [2.75, 3.05) is 0 Å². The summed E-state index contributed by atoms with van der Waals surface area (Å²) in [6, 6.07) is 7.49. The van der Waals surface area contributed by atoms with Gasteiger partial charge in [0, 0.05) is 22.8 Å². The summed E-state index contributed by atoms with van der Waals surface area (Å²) >= 11 is 6.10. The standard InChI is InChI=1S/C16H16ClFN2O/c17-13-6-4-11(18)8-10(13)9-20-15-3-1-2-14(19)12(15)5-7-16(20)21/h4-8,14H,1-3,9,19H2. The molecule has 5 heteroatoms. The van der Waals surface area contributed by atoms with Gasteiger partial charge in [0.25, 0.3) is 5.56 Å². The molecule has 1 unspecified atom stereocenters. The SMILES string of the molecule is NC1CCCc2c1ccc(=O)n2Cc1cc(F)ccc1Cl. The van der Waals surface area contributed by atoms with Crippen molar-refractivity contribution < 1.29 is 4.39 Å². The van der Waals surface area contributed by atoms with Gasteiger partial charge in [-0.05, 0) is 48.6 Å². The number of hydrogen-bond acceptors (Lipinski definition) is 2. The highest BCUT2D eigenvalue weighted by Gasteiger charge is 2.20. The van der Waals surface area contributed by atoms with Gasteiger partial charge in [-0.15, -0.1) is 0 Å². The second kappa shape index (κ2) is 5.62. The molecule has 110 valence electrons. The fraction of sp³-hybridized carbons (Fsp3) is 0.312. The first kappa shape index (κ1) is 14.3. The van der Waals surface area contributed by atoms with Gasteiger partial charge >= 0.3 is 0 Å². The number of benzene rings is 1. The number of nitrogens with two attached hydrogens (primary N) is 1. The van der Waals surface area contributed by atoms with E-state index >= 15 is 0 Å². The van der Waals surface area contributed by atoms with Crippen LogP contribution in [0.5, 0.6) is 0 Å². The van der Waals surface area contributed by atoms with Crippen LogP contribution in [0.25, 0.3) is 0 Å². The van der Waals surface area contributed by atoms with Crippen LogP contribution in [0.4, 0.5) is 4.39 Å². The van der Waals surface area contributed by atoms with Crippen LogP contribution >= 0.6 is 11.6 Å². The van der Waals surface area contributed by atoms with Crippen molar-refractivity contribution in [3.63, 3.8) is 0 Å². The zero-order chi connectivity index (χ0) is 15.0. The van der Waals surface area contributed by atoms with Crippen LogP contribution in [0.1, 0.15) is 35.7 Å². The van der Waals surface area contributed by atoms with Gasteiger partial charge in [-0.3, -0.25) is 4.79 Å². The molecule has 0 aliphatic heterocycles. The van der Waals surface area contributed by atoms with Crippen molar-refractivity contribution in [3.8, 4) is 0 Å². The van der Waals surface area contributed by atoms with Gasteiger partial charge in [0.1, 0.15) is 5.82 Å². The van der Waals surface area contributed by atoms with E-state index in [1.165, 1.54) is 24.3 Å². The smallest absolute Gasteiger partial charge is 0.251 e. The predicted octanol–water partition coefficient (Wildman–Crippen LogP) is 3.03. The molecule has 0 saturated carbocycles. The summed E-state index contributed by atoms with van der Waals surface area (Å²) in [7, 11) is 0. The zero-order valence-corrected chi connectivity index (χ0v) is 12.2. The topological polar surface area (TPSA) is 48.0 Å². The number of fused-ring (bicyclic) bond motifs is 1. The Labute approximate surface area is 127 Å². The van der Waals surface area contributed by atoms with Crippen molar-refractivity contribution in [1.29, 1.82) is 0 Å². The highest BCUT2D eigenvalue weighted by Crippen LogP contribution is 2.27. The number of hydrogen-bond donors (Lipinski definition) is 1. The lowest BCUT2D eigenvalue weighted by molar-refractivity contribution is 0.529. The van der Waals surface area contributed by atoms with Gasteiger partial charge in [-0.1, -0.05) is 17.7 Å². The second-order valence-corrected chi connectivity index (χ2v) is 5.80. The van der Waals surface area contributed by atoms with Crippen LogP contribution in [-0.4, -0.2) is 4.57 Å². The van der Waals surface area contributed by atoms with Crippen molar-refractivity contribution in [3.05, 3.63) is 68.3 Å². The van der Waals surface area contributed by atoms with Gasteiger partial charge in [-0.25, -0.2) is 4.39 Å². The van der Waals surface area contributed by atoms with Crippen LogP contribution in [-0.2, 0) is 13.0 Å². The molecule has 21 heavy (non-hydrogen) atoms. The lowest BCUT2D eigenvalue weighted by Crippen LogP contribution is -2.29. The highest BCUT2D eigenvalue weighted by molar-refractivity contribution is 6.31. The maximum absolute atomic E-state index is 13.4. The summed E-state index contributed by atoms with van der Waals surface area (Å²) in [6.45, 7) is 0.269. The van der Waals surface area contributed by atoms with Crippen LogP contribution in [0.3, 0.4) is 0 Å². The van der Waals surface area contributed by atoms with E-state index < -0.39 is 0 Å². The van der Waals surface area contributed by atoms with Gasteiger partial charge < -0.3 is 10.3 Å². The van der Waals surface area contributed by atoms with Crippen LogP contribution < -0.4 is 11.3 Å². The summed E-state index contributed by atoms with van der Waals surface area (Å²) in [4.78, 5) is 12.2. The molecule has 3 nitrogen and oxygen atoms in total. The van der Waals surface area contributed by atoms with E-state index in [0.29, 0.717) is 10.6 Å². The van der Waals surface area contributed by atoms with E-state index in [1.807, 2.05) is 6.07 Å². The largest absolute Gasteiger partial charge is 0.324 e. The van der Waals surface area contributed by atoms with Crippen molar-refractivity contribution >= 4 is 11.6 Å². The third kappa shape index (κ3) is 2.74. The fourth-order valence-electron chi connectivity index (χ4n) is 2.91. The molecule has 1 atom stereocenters. The molecule has 0 saturated heterocycles. The van der Waals surface area contributed by atoms with Gasteiger partial charge in [-0.2, -0.15) is 0 Å². The van der Waals surface area contributed by atoms with E-state index in [9.17, 15) is 9.18 Å². The first-order chi connectivity index (χ1) is 10.1. The van der Waals surface area contributed by atoms with Crippen molar-refractivity contribution in [2.45, 2.75) is 31.8 Å². The highest BCUT2D eigenvalue weighted by atomic mass is 35.5. The Morgan fingerprint density at radius 1 is 1.33 bits per heavy atom. The zero-order valence-electron chi connectivity index (χ0n) is 11.5. The molecule has 1 aromatic carbocycles. The Kier molecular flexibility index (Phi) is 3.83. The Morgan fingerprint density at radius 2 is 2.14 bits per heavy atom. The van der Waals surface area contributed by atoms with E-state index in [0.717, 1.165) is 30.5 Å². The molecule has 1 heterocycles. The molecule has 0 fully saturated rings. The Balaban J connectivity index is 2.08. The van der Waals surface area contributed by atoms with Crippen molar-refractivity contribution in [2.24, 2.45) is 5.73 Å². The number of pyridine rings is 1. The number of halogens is 2. The lowest BCUT2D eigenvalue weighted by Gasteiger charge is -2.25. The molecule has 1 aliphatic rings. The summed E-state index contributed by atoms with van der Waals surface area (Å²) in [5.74, 6) is -0.357. The minimum Gasteiger partial charge on any atom is -0.324 e. The molecule has 2 aromatic rings. The predicted molar refractivity (Wildman–Crippen MR) is 81.1 cm³/mol. The lowest BCUT2D eigenvalue weighted by atomic mass is 9.91. The molecule has 1 aromatic heterocycles. The quantitative estimate of drug-likeness (QED) is 0.927. The third-order valence-electron chi connectivity index (χ3n) is 3.99. The molecular formula is C16H16ClFN2O. The van der Waals surface area contributed by atoms with E-state index in [1.54, 1.807) is 4.57 Å². The van der Waals surface area contributed by atoms with Crippen LogP contribution in [0.15, 0.2) is 35.1 Å². The molecule has 1 aliphatic carbocycles. The maximum Gasteiger partial charge on any atom is 0.251 e. The van der Waals surface area contributed by atoms with Gasteiger partial charge in [0.15, 0.2) is 0 Å². The first-order valence-electron chi connectivity index (χ1n) is 6.98. The molecule has 3 rings (SSSR count). The minimum atomic E-state index is -0.357. The van der Waals surface area contributed by atoms with Crippen molar-refractivity contribution in [1.82, 2.24) is 4.57 Å². The Bertz CT molecular complexity index is 742. The minimum absolute atomic E-state index is 0.0384. The number of rotatable bonds is 2. The van der Waals surface area contributed by atoms with Crippen LogP contribution in [0, 0.1) is 5.82 Å². The molecule has 0 radical (unpaired) electrons. The van der Waals surface area contributed by atoms with E-state index in [2.05, 4.69) is 0 Å². The fourth-order valence-corrected chi connectivity index (χ4v) is 3.08. The molecular weight excluding hydrogens is 291 g/mol. The molecule has 0 bridgehead atoms. The maximum atomic E-state index is 13.4. The summed E-state index contributed by atoms with van der Waals surface area (Å²) in [5, 5.41) is 0.459. The monoisotopic (exact) mass is 306 g/mol.